The molecule has 2 aromatic heterocycles. The number of fused-ring (bicyclic) bond motifs is 1. The van der Waals surface area contributed by atoms with Crippen molar-refractivity contribution in [2.75, 3.05) is 0 Å². The molecule has 4 nitrogen and oxygen atoms in total. The second-order valence-corrected chi connectivity index (χ2v) is 4.21. The molecule has 0 aliphatic heterocycles. The summed E-state index contributed by atoms with van der Waals surface area (Å²) in [6.07, 6.45) is 3.71. The van der Waals surface area contributed by atoms with Gasteiger partial charge in [-0.2, -0.15) is 5.10 Å². The van der Waals surface area contributed by atoms with Gasteiger partial charge in [0, 0.05) is 30.2 Å². The summed E-state index contributed by atoms with van der Waals surface area (Å²) in [6, 6.07) is 12.3. The van der Waals surface area contributed by atoms with Crippen molar-refractivity contribution in [2.24, 2.45) is 0 Å². The van der Waals surface area contributed by atoms with E-state index < -0.39 is 0 Å². The molecule has 0 bridgehead atoms. The number of para-hydroxylation sites is 1. The van der Waals surface area contributed by atoms with Gasteiger partial charge in [-0.15, -0.1) is 0 Å². The Kier molecular flexibility index (Phi) is 3.02. The molecular weight excluding hydrogens is 224 g/mol. The van der Waals surface area contributed by atoms with Gasteiger partial charge in [-0.1, -0.05) is 24.3 Å². The molecule has 18 heavy (non-hydrogen) atoms. The van der Waals surface area contributed by atoms with Crippen molar-refractivity contribution >= 4 is 10.9 Å². The van der Waals surface area contributed by atoms with Gasteiger partial charge in [0.2, 0.25) is 0 Å². The van der Waals surface area contributed by atoms with Gasteiger partial charge in [-0.25, -0.2) is 0 Å². The van der Waals surface area contributed by atoms with E-state index in [0.29, 0.717) is 0 Å². The number of hydrogen-bond donors (Lipinski definition) is 2. The van der Waals surface area contributed by atoms with Gasteiger partial charge in [-0.05, 0) is 12.1 Å². The summed E-state index contributed by atoms with van der Waals surface area (Å²) < 4.78 is 0. The Morgan fingerprint density at radius 2 is 2.00 bits per heavy atom. The van der Waals surface area contributed by atoms with E-state index in [-0.39, 0.29) is 0 Å². The summed E-state index contributed by atoms with van der Waals surface area (Å²) in [6.45, 7) is 1.56. The van der Waals surface area contributed by atoms with Crippen LogP contribution in [0.15, 0.2) is 48.8 Å². The Labute approximate surface area is 105 Å². The van der Waals surface area contributed by atoms with Crippen LogP contribution in [0.4, 0.5) is 0 Å². The van der Waals surface area contributed by atoms with Gasteiger partial charge >= 0.3 is 0 Å². The van der Waals surface area contributed by atoms with Crippen LogP contribution in [0.3, 0.4) is 0 Å². The maximum atomic E-state index is 4.61. The van der Waals surface area contributed by atoms with Crippen LogP contribution in [0, 0.1) is 0 Å². The van der Waals surface area contributed by atoms with Crippen molar-refractivity contribution in [2.45, 2.75) is 13.1 Å². The number of aromatic amines is 1. The zero-order valence-corrected chi connectivity index (χ0v) is 9.93. The van der Waals surface area contributed by atoms with Crippen LogP contribution in [0.2, 0.25) is 0 Å². The first-order valence-corrected chi connectivity index (χ1v) is 5.95. The molecule has 0 radical (unpaired) electrons. The van der Waals surface area contributed by atoms with Gasteiger partial charge in [-0.3, -0.25) is 10.1 Å². The monoisotopic (exact) mass is 238 g/mol. The third-order valence-corrected chi connectivity index (χ3v) is 2.85. The fourth-order valence-electron chi connectivity index (χ4n) is 1.92. The molecule has 1 aromatic carbocycles. The summed E-state index contributed by atoms with van der Waals surface area (Å²) in [4.78, 5) is 4.61. The fourth-order valence-corrected chi connectivity index (χ4v) is 1.92. The van der Waals surface area contributed by atoms with Crippen LogP contribution in [0.25, 0.3) is 10.9 Å². The highest BCUT2D eigenvalue weighted by atomic mass is 15.1. The minimum Gasteiger partial charge on any atom is -0.307 e. The summed E-state index contributed by atoms with van der Waals surface area (Å²) in [7, 11) is 0. The van der Waals surface area contributed by atoms with Crippen molar-refractivity contribution in [3.8, 4) is 0 Å². The zero-order chi connectivity index (χ0) is 12.2. The van der Waals surface area contributed by atoms with E-state index in [4.69, 9.17) is 0 Å². The first kappa shape index (κ1) is 10.9. The molecular formula is C14H14N4. The number of benzene rings is 1. The van der Waals surface area contributed by atoms with E-state index in [9.17, 15) is 0 Å². The molecule has 0 saturated heterocycles. The molecule has 4 heteroatoms. The summed E-state index contributed by atoms with van der Waals surface area (Å²) in [5, 5.41) is 11.2. The number of nitrogens with one attached hydrogen (secondary N) is 2. The van der Waals surface area contributed by atoms with Gasteiger partial charge in [0.25, 0.3) is 0 Å². The van der Waals surface area contributed by atoms with Crippen molar-refractivity contribution < 1.29 is 0 Å². The van der Waals surface area contributed by atoms with Crippen LogP contribution in [-0.2, 0) is 13.1 Å². The van der Waals surface area contributed by atoms with E-state index in [1.165, 1.54) is 5.39 Å². The van der Waals surface area contributed by atoms with Gasteiger partial charge in [0.05, 0.1) is 17.4 Å². The lowest BCUT2D eigenvalue weighted by Crippen LogP contribution is -2.13. The third-order valence-electron chi connectivity index (χ3n) is 2.85. The van der Waals surface area contributed by atoms with E-state index in [2.05, 4.69) is 38.7 Å². The van der Waals surface area contributed by atoms with Crippen LogP contribution in [0.5, 0.6) is 0 Å². The van der Waals surface area contributed by atoms with E-state index in [1.807, 2.05) is 30.6 Å². The minimum absolute atomic E-state index is 0.760. The largest absolute Gasteiger partial charge is 0.307 e. The average molecular weight is 238 g/mol. The molecule has 90 valence electrons. The number of hydrogen-bond acceptors (Lipinski definition) is 3. The van der Waals surface area contributed by atoms with Crippen molar-refractivity contribution in [3.63, 3.8) is 0 Å². The maximum absolute atomic E-state index is 4.61. The highest BCUT2D eigenvalue weighted by Crippen LogP contribution is 2.11. The molecule has 2 N–H and O–H groups in total. The summed E-state index contributed by atoms with van der Waals surface area (Å²) in [5.41, 5.74) is 3.24. The standard InChI is InChI=1S/C14H14N4/c1-2-4-14-12(3-1)5-6-13(18-14)10-15-7-11-8-16-17-9-11/h1-6,8-9,15H,7,10H2,(H,16,17). The molecule has 0 spiro atoms. The number of pyridine rings is 1. The molecule has 0 amide bonds. The van der Waals surface area contributed by atoms with Crippen molar-refractivity contribution in [3.05, 3.63) is 60.0 Å². The highest BCUT2D eigenvalue weighted by molar-refractivity contribution is 5.78. The normalized spacial score (nSPS) is 10.9. The SMILES string of the molecule is c1ccc2nc(CNCc3cn[nH]c3)ccc2c1. The number of H-pyrrole nitrogens is 1. The highest BCUT2D eigenvalue weighted by Gasteiger charge is 1.98. The van der Waals surface area contributed by atoms with E-state index in [1.54, 1.807) is 0 Å². The summed E-state index contributed by atoms with van der Waals surface area (Å²) >= 11 is 0. The number of nitrogens with zero attached hydrogens (tertiary/aromatic N) is 2. The molecule has 0 fully saturated rings. The minimum atomic E-state index is 0.760. The first-order valence-electron chi connectivity index (χ1n) is 5.95. The lowest BCUT2D eigenvalue weighted by molar-refractivity contribution is 0.682. The lowest BCUT2D eigenvalue weighted by atomic mass is 10.2. The topological polar surface area (TPSA) is 53.6 Å². The van der Waals surface area contributed by atoms with Crippen molar-refractivity contribution in [1.29, 1.82) is 0 Å². The predicted molar refractivity (Wildman–Crippen MR) is 70.9 cm³/mol. The number of aromatic nitrogens is 3. The Balaban J connectivity index is 1.67. The Hall–Kier alpha value is -2.20. The third kappa shape index (κ3) is 2.38. The quantitative estimate of drug-likeness (QED) is 0.733. The first-order chi connectivity index (χ1) is 8.92. The van der Waals surface area contributed by atoms with Crippen LogP contribution in [-0.4, -0.2) is 15.2 Å². The fraction of sp³-hybridized carbons (Fsp3) is 0.143. The molecule has 2 heterocycles. The summed E-state index contributed by atoms with van der Waals surface area (Å²) in [5.74, 6) is 0. The molecule has 0 aliphatic rings. The second kappa shape index (κ2) is 4.98. The zero-order valence-electron chi connectivity index (χ0n) is 9.93. The smallest absolute Gasteiger partial charge is 0.0705 e. The van der Waals surface area contributed by atoms with Gasteiger partial charge in [0.1, 0.15) is 0 Å². The Morgan fingerprint density at radius 1 is 1.06 bits per heavy atom. The number of rotatable bonds is 4. The molecule has 0 aliphatic carbocycles. The second-order valence-electron chi connectivity index (χ2n) is 4.21. The van der Waals surface area contributed by atoms with Gasteiger partial charge in [0.15, 0.2) is 0 Å². The Bertz CT molecular complexity index is 631. The maximum Gasteiger partial charge on any atom is 0.0705 e. The molecule has 3 rings (SSSR count). The average Bonchev–Trinajstić information content (AvgIpc) is 2.92. The van der Waals surface area contributed by atoms with Crippen LogP contribution >= 0.6 is 0 Å². The molecule has 0 saturated carbocycles. The molecule has 3 aromatic rings. The predicted octanol–water partition coefficient (Wildman–Crippen LogP) is 2.25. The van der Waals surface area contributed by atoms with Crippen LogP contribution < -0.4 is 5.32 Å². The van der Waals surface area contributed by atoms with E-state index >= 15 is 0 Å². The van der Waals surface area contributed by atoms with Crippen LogP contribution in [0.1, 0.15) is 11.3 Å². The molecule has 0 atom stereocenters. The van der Waals surface area contributed by atoms with Gasteiger partial charge < -0.3 is 5.32 Å². The molecule has 0 unspecified atom stereocenters. The van der Waals surface area contributed by atoms with Crippen molar-refractivity contribution in [1.82, 2.24) is 20.5 Å². The van der Waals surface area contributed by atoms with E-state index in [0.717, 1.165) is 29.9 Å². The Morgan fingerprint density at radius 3 is 2.89 bits per heavy atom. The lowest BCUT2D eigenvalue weighted by Gasteiger charge is -2.04.